The lowest BCUT2D eigenvalue weighted by Gasteiger charge is -2.34. The Morgan fingerprint density at radius 3 is 2.71 bits per heavy atom. The molecule has 5 nitrogen and oxygen atoms in total. The number of methoxy groups -OCH3 is 1. The van der Waals surface area contributed by atoms with Crippen LogP contribution in [0.25, 0.3) is 6.08 Å². The molecule has 0 aromatic heterocycles. The fraction of sp³-hybridized carbons (Fsp3) is 0.192. The molecule has 3 aromatic carbocycles. The molecule has 5 rings (SSSR count). The predicted octanol–water partition coefficient (Wildman–Crippen LogP) is 5.22. The molecule has 1 unspecified atom stereocenters. The van der Waals surface area contributed by atoms with Crippen LogP contribution in [-0.2, 0) is 6.54 Å². The van der Waals surface area contributed by atoms with E-state index in [4.69, 9.17) is 14.2 Å². The summed E-state index contributed by atoms with van der Waals surface area (Å²) >= 11 is 0. The zero-order valence-corrected chi connectivity index (χ0v) is 17.5. The Morgan fingerprint density at radius 2 is 1.90 bits per heavy atom. The highest BCUT2D eigenvalue weighted by Crippen LogP contribution is 2.43. The van der Waals surface area contributed by atoms with Crippen LogP contribution in [-0.4, -0.2) is 24.5 Å². The number of hydrogen-bond donors (Lipinski definition) is 0. The quantitative estimate of drug-likeness (QED) is 0.549. The number of benzene rings is 3. The summed E-state index contributed by atoms with van der Waals surface area (Å²) in [4.78, 5) is 15.2. The summed E-state index contributed by atoms with van der Waals surface area (Å²) in [6.45, 7) is 3.30. The van der Waals surface area contributed by atoms with Crippen LogP contribution in [0.2, 0.25) is 0 Å². The molecule has 0 amide bonds. The van der Waals surface area contributed by atoms with Crippen molar-refractivity contribution in [2.24, 2.45) is 0 Å². The van der Waals surface area contributed by atoms with Crippen LogP contribution < -0.4 is 14.2 Å². The van der Waals surface area contributed by atoms with Crippen LogP contribution in [0.4, 0.5) is 0 Å². The van der Waals surface area contributed by atoms with Crippen LogP contribution in [0.3, 0.4) is 0 Å². The van der Waals surface area contributed by atoms with Gasteiger partial charge in [-0.1, -0.05) is 42.5 Å². The van der Waals surface area contributed by atoms with Gasteiger partial charge in [-0.2, -0.15) is 0 Å². The second-order valence-corrected chi connectivity index (χ2v) is 7.74. The molecule has 2 aliphatic rings. The molecule has 5 heteroatoms. The molecule has 0 saturated heterocycles. The second kappa shape index (κ2) is 7.93. The lowest BCUT2D eigenvalue weighted by Crippen LogP contribution is -2.34. The molecule has 0 radical (unpaired) electrons. The minimum absolute atomic E-state index is 0.117. The Bertz CT molecular complexity index is 1170. The Balaban J connectivity index is 1.45. The summed E-state index contributed by atoms with van der Waals surface area (Å²) in [6, 6.07) is 21.7. The van der Waals surface area contributed by atoms with Crippen LogP contribution >= 0.6 is 0 Å². The van der Waals surface area contributed by atoms with Crippen molar-refractivity contribution in [3.8, 4) is 17.2 Å². The van der Waals surface area contributed by atoms with Gasteiger partial charge >= 0.3 is 0 Å². The molecule has 0 N–H and O–H groups in total. The van der Waals surface area contributed by atoms with Crippen molar-refractivity contribution in [1.82, 2.24) is 4.90 Å². The fourth-order valence-electron chi connectivity index (χ4n) is 4.05. The number of Topliss-reactive ketones (excluding diaryl/α,β-unsaturated/α-hetero) is 1. The number of ketones is 1. The predicted molar refractivity (Wildman–Crippen MR) is 118 cm³/mol. The van der Waals surface area contributed by atoms with Crippen molar-refractivity contribution in [1.29, 1.82) is 0 Å². The maximum Gasteiger partial charge on any atom is 0.231 e. The van der Waals surface area contributed by atoms with E-state index in [1.807, 2.05) is 48.5 Å². The smallest absolute Gasteiger partial charge is 0.231 e. The van der Waals surface area contributed by atoms with Crippen molar-refractivity contribution < 1.29 is 19.0 Å². The number of carbonyl (C=O) groups is 1. The van der Waals surface area contributed by atoms with Crippen molar-refractivity contribution in [3.63, 3.8) is 0 Å². The van der Waals surface area contributed by atoms with Crippen molar-refractivity contribution in [2.45, 2.75) is 19.5 Å². The molecule has 0 fully saturated rings. The first-order chi connectivity index (χ1) is 15.1. The van der Waals surface area contributed by atoms with Gasteiger partial charge in [-0.25, -0.2) is 0 Å². The number of rotatable bonds is 4. The molecule has 0 saturated carbocycles. The number of fused-ring (bicyclic) bond motifs is 3. The number of ether oxygens (including phenoxy) is 3. The maximum atomic E-state index is 13.0. The molecule has 156 valence electrons. The fourth-order valence-corrected chi connectivity index (χ4v) is 4.05. The van der Waals surface area contributed by atoms with Crippen LogP contribution in [0.5, 0.6) is 17.2 Å². The normalized spacial score (nSPS) is 17.5. The van der Waals surface area contributed by atoms with E-state index in [2.05, 4.69) is 24.0 Å². The molecule has 2 aliphatic heterocycles. The lowest BCUT2D eigenvalue weighted by atomic mass is 10.0. The third-order valence-corrected chi connectivity index (χ3v) is 5.87. The number of hydrogen-bond acceptors (Lipinski definition) is 5. The van der Waals surface area contributed by atoms with E-state index in [1.165, 1.54) is 5.56 Å². The Hall–Kier alpha value is -3.57. The lowest BCUT2D eigenvalue weighted by molar-refractivity contribution is 0.0606. The summed E-state index contributed by atoms with van der Waals surface area (Å²) in [5.41, 5.74) is 3.55. The van der Waals surface area contributed by atoms with Gasteiger partial charge in [0.15, 0.2) is 5.76 Å². The van der Waals surface area contributed by atoms with Gasteiger partial charge in [0.25, 0.3) is 0 Å². The Labute approximate surface area is 181 Å². The summed E-state index contributed by atoms with van der Waals surface area (Å²) in [7, 11) is 1.62. The molecule has 0 bridgehead atoms. The highest BCUT2D eigenvalue weighted by molar-refractivity contribution is 6.15. The number of nitrogens with zero attached hydrogens (tertiary/aromatic N) is 1. The third-order valence-electron chi connectivity index (χ3n) is 5.87. The zero-order valence-electron chi connectivity index (χ0n) is 17.5. The van der Waals surface area contributed by atoms with Crippen LogP contribution in [0, 0.1) is 0 Å². The third kappa shape index (κ3) is 3.57. The van der Waals surface area contributed by atoms with E-state index in [9.17, 15) is 4.79 Å². The van der Waals surface area contributed by atoms with Gasteiger partial charge in [-0.3, -0.25) is 9.69 Å². The topological polar surface area (TPSA) is 48.0 Å². The maximum absolute atomic E-state index is 13.0. The first-order valence-electron chi connectivity index (χ1n) is 10.3. The monoisotopic (exact) mass is 413 g/mol. The molecule has 2 heterocycles. The number of allylic oxidation sites excluding steroid dienone is 1. The van der Waals surface area contributed by atoms with E-state index < -0.39 is 0 Å². The first-order valence-corrected chi connectivity index (χ1v) is 10.3. The number of carbonyl (C=O) groups excluding carboxylic acids is 1. The van der Waals surface area contributed by atoms with Gasteiger partial charge in [0.05, 0.1) is 18.2 Å². The van der Waals surface area contributed by atoms with Crippen molar-refractivity contribution in [3.05, 3.63) is 94.7 Å². The van der Waals surface area contributed by atoms with E-state index >= 15 is 0 Å². The minimum atomic E-state index is -0.117. The molecule has 3 aromatic rings. The SMILES string of the molecule is COc1cccc(/C=C2\Oc3c(ccc4c3CN(C(C)c3ccccc3)CO4)C2=O)c1. The first kappa shape index (κ1) is 19.4. The average Bonchev–Trinajstić information content (AvgIpc) is 3.14. The van der Waals surface area contributed by atoms with Crippen LogP contribution in [0.1, 0.15) is 40.0 Å². The average molecular weight is 413 g/mol. The van der Waals surface area contributed by atoms with E-state index in [1.54, 1.807) is 19.3 Å². The summed E-state index contributed by atoms with van der Waals surface area (Å²) in [5, 5.41) is 0. The summed E-state index contributed by atoms with van der Waals surface area (Å²) in [6.07, 6.45) is 1.76. The highest BCUT2D eigenvalue weighted by Gasteiger charge is 2.34. The van der Waals surface area contributed by atoms with E-state index in [0.29, 0.717) is 30.3 Å². The molecule has 0 spiro atoms. The van der Waals surface area contributed by atoms with Crippen molar-refractivity contribution >= 4 is 11.9 Å². The largest absolute Gasteiger partial charge is 0.497 e. The molecule has 31 heavy (non-hydrogen) atoms. The van der Waals surface area contributed by atoms with Crippen LogP contribution in [0.15, 0.2) is 72.5 Å². The second-order valence-electron chi connectivity index (χ2n) is 7.74. The van der Waals surface area contributed by atoms with Gasteiger partial charge in [-0.15, -0.1) is 0 Å². The summed E-state index contributed by atoms with van der Waals surface area (Å²) in [5.74, 6) is 2.29. The zero-order chi connectivity index (χ0) is 21.4. The molecular formula is C26H23NO4. The standard InChI is InChI=1S/C26H23NO4/c1-17(19-8-4-3-5-9-19)27-15-22-23(30-16-27)12-11-21-25(28)24(31-26(21)22)14-18-7-6-10-20(13-18)29-2/h3-14,17H,15-16H2,1-2H3/b24-14-. The Kier molecular flexibility index (Phi) is 4.96. The molecular weight excluding hydrogens is 390 g/mol. The van der Waals surface area contributed by atoms with E-state index in [0.717, 1.165) is 22.6 Å². The summed E-state index contributed by atoms with van der Waals surface area (Å²) < 4.78 is 17.4. The van der Waals surface area contributed by atoms with Crippen molar-refractivity contribution in [2.75, 3.05) is 13.8 Å². The van der Waals surface area contributed by atoms with Gasteiger partial charge in [0, 0.05) is 12.6 Å². The van der Waals surface area contributed by atoms with E-state index in [-0.39, 0.29) is 11.8 Å². The molecule has 0 aliphatic carbocycles. The van der Waals surface area contributed by atoms with Gasteiger partial charge < -0.3 is 14.2 Å². The van der Waals surface area contributed by atoms with Gasteiger partial charge in [0.2, 0.25) is 5.78 Å². The Morgan fingerprint density at radius 1 is 1.06 bits per heavy atom. The molecule has 1 atom stereocenters. The van der Waals surface area contributed by atoms with Gasteiger partial charge in [-0.05, 0) is 48.4 Å². The minimum Gasteiger partial charge on any atom is -0.497 e. The highest BCUT2D eigenvalue weighted by atomic mass is 16.5. The van der Waals surface area contributed by atoms with Gasteiger partial charge in [0.1, 0.15) is 24.0 Å².